The molecule has 0 unspecified atom stereocenters. The highest BCUT2D eigenvalue weighted by Gasteiger charge is 2.40. The molecule has 1 aromatic carbocycles. The van der Waals surface area contributed by atoms with Gasteiger partial charge in [-0.05, 0) is 37.3 Å². The van der Waals surface area contributed by atoms with Crippen LogP contribution in [0.3, 0.4) is 0 Å². The number of carbonyl (C=O) groups is 2. The Morgan fingerprint density at radius 3 is 2.55 bits per heavy atom. The first-order chi connectivity index (χ1) is 9.51. The van der Waals surface area contributed by atoms with E-state index in [1.54, 1.807) is 0 Å². The average Bonchev–Trinajstić information content (AvgIpc) is 2.34. The molecular weight excluding hydrogens is 256 g/mol. The van der Waals surface area contributed by atoms with Gasteiger partial charge in [0.2, 0.25) is 0 Å². The van der Waals surface area contributed by atoms with E-state index in [-0.39, 0.29) is 12.5 Å². The standard InChI is InChI=1S/C15H20N2O3/c1-11-5-2-3-6-12(11)10-16-14(20)17-15(7-4-8-15)9-13(18)19/h2-3,5-6H,4,7-10H2,1H3,(H,18,19)(H2,16,17,20). The van der Waals surface area contributed by atoms with E-state index in [4.69, 9.17) is 5.11 Å². The zero-order valence-electron chi connectivity index (χ0n) is 11.6. The van der Waals surface area contributed by atoms with Crippen molar-refractivity contribution in [3.05, 3.63) is 35.4 Å². The molecule has 0 heterocycles. The Bertz CT molecular complexity index is 510. The van der Waals surface area contributed by atoms with Crippen molar-refractivity contribution in [3.8, 4) is 0 Å². The number of aryl methyl sites for hydroxylation is 1. The third-order valence-electron chi connectivity index (χ3n) is 3.88. The van der Waals surface area contributed by atoms with E-state index in [0.717, 1.165) is 30.4 Å². The summed E-state index contributed by atoms with van der Waals surface area (Å²) >= 11 is 0. The number of hydrogen-bond donors (Lipinski definition) is 3. The summed E-state index contributed by atoms with van der Waals surface area (Å²) < 4.78 is 0. The van der Waals surface area contributed by atoms with Crippen LogP contribution in [0.4, 0.5) is 4.79 Å². The normalized spacial score (nSPS) is 16.1. The molecule has 2 amide bonds. The zero-order chi connectivity index (χ0) is 14.6. The van der Waals surface area contributed by atoms with Crippen LogP contribution < -0.4 is 10.6 Å². The highest BCUT2D eigenvalue weighted by molar-refractivity contribution is 5.77. The fraction of sp³-hybridized carbons (Fsp3) is 0.467. The van der Waals surface area contributed by atoms with Crippen LogP contribution in [-0.4, -0.2) is 22.6 Å². The lowest BCUT2D eigenvalue weighted by Gasteiger charge is -2.41. The van der Waals surface area contributed by atoms with Gasteiger partial charge in [0, 0.05) is 6.54 Å². The van der Waals surface area contributed by atoms with Crippen LogP contribution in [-0.2, 0) is 11.3 Å². The smallest absolute Gasteiger partial charge is 0.315 e. The van der Waals surface area contributed by atoms with Gasteiger partial charge in [-0.2, -0.15) is 0 Å². The molecule has 5 nitrogen and oxygen atoms in total. The van der Waals surface area contributed by atoms with Gasteiger partial charge < -0.3 is 15.7 Å². The first kappa shape index (κ1) is 14.4. The zero-order valence-corrected chi connectivity index (χ0v) is 11.6. The number of carboxylic acid groups (broad SMARTS) is 1. The summed E-state index contributed by atoms with van der Waals surface area (Å²) in [7, 11) is 0. The number of benzene rings is 1. The molecule has 1 aliphatic rings. The maximum absolute atomic E-state index is 11.9. The molecule has 1 aliphatic carbocycles. The Kier molecular flexibility index (Phi) is 4.27. The molecule has 1 aromatic rings. The van der Waals surface area contributed by atoms with Gasteiger partial charge in [0.25, 0.3) is 0 Å². The molecule has 0 radical (unpaired) electrons. The molecular formula is C15H20N2O3. The van der Waals surface area contributed by atoms with Crippen LogP contribution in [0, 0.1) is 6.92 Å². The number of nitrogens with one attached hydrogen (secondary N) is 2. The third kappa shape index (κ3) is 3.50. The predicted octanol–water partition coefficient (Wildman–Crippen LogP) is 2.19. The Labute approximate surface area is 118 Å². The Morgan fingerprint density at radius 2 is 2.00 bits per heavy atom. The number of urea groups is 1. The molecule has 1 fully saturated rings. The van der Waals surface area contributed by atoms with Gasteiger partial charge in [-0.3, -0.25) is 4.79 Å². The largest absolute Gasteiger partial charge is 0.481 e. The van der Waals surface area contributed by atoms with Crippen LogP contribution >= 0.6 is 0 Å². The monoisotopic (exact) mass is 276 g/mol. The van der Waals surface area contributed by atoms with E-state index in [1.165, 1.54) is 0 Å². The summed E-state index contributed by atoms with van der Waals surface area (Å²) in [6, 6.07) is 7.54. The fourth-order valence-electron chi connectivity index (χ4n) is 2.51. The van der Waals surface area contributed by atoms with Crippen molar-refractivity contribution in [2.75, 3.05) is 0 Å². The summed E-state index contributed by atoms with van der Waals surface area (Å²) in [5.41, 5.74) is 1.63. The van der Waals surface area contributed by atoms with Gasteiger partial charge in [0.1, 0.15) is 0 Å². The molecule has 2 rings (SSSR count). The van der Waals surface area contributed by atoms with Crippen molar-refractivity contribution in [1.29, 1.82) is 0 Å². The van der Waals surface area contributed by atoms with Crippen molar-refractivity contribution >= 4 is 12.0 Å². The summed E-state index contributed by atoms with van der Waals surface area (Å²) in [6.07, 6.45) is 2.42. The SMILES string of the molecule is Cc1ccccc1CNC(=O)NC1(CC(=O)O)CCC1. The maximum atomic E-state index is 11.9. The Morgan fingerprint density at radius 1 is 1.30 bits per heavy atom. The molecule has 0 aliphatic heterocycles. The summed E-state index contributed by atoms with van der Waals surface area (Å²) in [5, 5.41) is 14.5. The summed E-state index contributed by atoms with van der Waals surface area (Å²) in [5.74, 6) is -0.871. The number of hydrogen-bond acceptors (Lipinski definition) is 2. The van der Waals surface area contributed by atoms with Crippen molar-refractivity contribution < 1.29 is 14.7 Å². The minimum Gasteiger partial charge on any atom is -0.481 e. The van der Waals surface area contributed by atoms with E-state index in [1.807, 2.05) is 31.2 Å². The molecule has 3 N–H and O–H groups in total. The minimum absolute atomic E-state index is 0.00914. The number of aliphatic carboxylic acids is 1. The van der Waals surface area contributed by atoms with Crippen LogP contribution in [0.15, 0.2) is 24.3 Å². The van der Waals surface area contributed by atoms with E-state index in [0.29, 0.717) is 6.54 Å². The van der Waals surface area contributed by atoms with Gasteiger partial charge in [-0.1, -0.05) is 24.3 Å². The quantitative estimate of drug-likeness (QED) is 0.771. The summed E-state index contributed by atoms with van der Waals surface area (Å²) in [6.45, 7) is 2.44. The summed E-state index contributed by atoms with van der Waals surface area (Å²) in [4.78, 5) is 22.7. The highest BCUT2D eigenvalue weighted by Crippen LogP contribution is 2.34. The van der Waals surface area contributed by atoms with Crippen LogP contribution in [0.5, 0.6) is 0 Å². The van der Waals surface area contributed by atoms with E-state index in [9.17, 15) is 9.59 Å². The second-order valence-electron chi connectivity index (χ2n) is 5.44. The molecule has 5 heteroatoms. The number of carboxylic acids is 1. The van der Waals surface area contributed by atoms with E-state index >= 15 is 0 Å². The van der Waals surface area contributed by atoms with Crippen LogP contribution in [0.2, 0.25) is 0 Å². The second kappa shape index (κ2) is 5.94. The van der Waals surface area contributed by atoms with E-state index < -0.39 is 11.5 Å². The number of carbonyl (C=O) groups excluding carboxylic acids is 1. The van der Waals surface area contributed by atoms with Crippen molar-refractivity contribution in [3.63, 3.8) is 0 Å². The topological polar surface area (TPSA) is 78.4 Å². The van der Waals surface area contributed by atoms with Crippen LogP contribution in [0.1, 0.15) is 36.8 Å². The lowest BCUT2D eigenvalue weighted by atomic mass is 9.74. The lowest BCUT2D eigenvalue weighted by molar-refractivity contribution is -0.139. The maximum Gasteiger partial charge on any atom is 0.315 e. The molecule has 0 atom stereocenters. The van der Waals surface area contributed by atoms with Gasteiger partial charge >= 0.3 is 12.0 Å². The van der Waals surface area contributed by atoms with Gasteiger partial charge in [-0.15, -0.1) is 0 Å². The number of rotatable bonds is 5. The lowest BCUT2D eigenvalue weighted by Crippen LogP contribution is -2.57. The fourth-order valence-corrected chi connectivity index (χ4v) is 2.51. The minimum atomic E-state index is -0.871. The third-order valence-corrected chi connectivity index (χ3v) is 3.88. The first-order valence-corrected chi connectivity index (χ1v) is 6.83. The van der Waals surface area contributed by atoms with E-state index in [2.05, 4.69) is 10.6 Å². The second-order valence-corrected chi connectivity index (χ2v) is 5.44. The molecule has 0 aromatic heterocycles. The van der Waals surface area contributed by atoms with Crippen molar-refractivity contribution in [2.24, 2.45) is 0 Å². The Hall–Kier alpha value is -2.04. The molecule has 1 saturated carbocycles. The van der Waals surface area contributed by atoms with Crippen molar-refractivity contribution in [1.82, 2.24) is 10.6 Å². The predicted molar refractivity (Wildman–Crippen MR) is 75.4 cm³/mol. The van der Waals surface area contributed by atoms with Crippen molar-refractivity contribution in [2.45, 2.75) is 44.7 Å². The number of amides is 2. The Balaban J connectivity index is 1.86. The van der Waals surface area contributed by atoms with Crippen LogP contribution in [0.25, 0.3) is 0 Å². The molecule has 0 spiro atoms. The van der Waals surface area contributed by atoms with Gasteiger partial charge in [0.05, 0.1) is 12.0 Å². The molecule has 108 valence electrons. The molecule has 20 heavy (non-hydrogen) atoms. The average molecular weight is 276 g/mol. The molecule has 0 bridgehead atoms. The van der Waals surface area contributed by atoms with Gasteiger partial charge in [-0.25, -0.2) is 4.79 Å². The molecule has 0 saturated heterocycles. The van der Waals surface area contributed by atoms with Gasteiger partial charge in [0.15, 0.2) is 0 Å². The highest BCUT2D eigenvalue weighted by atomic mass is 16.4. The first-order valence-electron chi connectivity index (χ1n) is 6.83.